The number of anilines is 1. The normalized spacial score (nSPS) is 19.7. The van der Waals surface area contributed by atoms with Gasteiger partial charge in [0.05, 0.1) is 42.6 Å². The molecule has 4 aromatic rings. The van der Waals surface area contributed by atoms with E-state index >= 15 is 8.78 Å². The number of alkyl halides is 2. The van der Waals surface area contributed by atoms with Gasteiger partial charge in [0, 0.05) is 60.8 Å². The van der Waals surface area contributed by atoms with Crippen molar-refractivity contribution < 1.29 is 37.4 Å². The fourth-order valence-electron chi connectivity index (χ4n) is 7.50. The van der Waals surface area contributed by atoms with Gasteiger partial charge in [0.25, 0.3) is 23.3 Å². The highest BCUT2D eigenvalue weighted by Gasteiger charge is 2.46. The number of hydrogen-bond acceptors (Lipinski definition) is 10. The van der Waals surface area contributed by atoms with Crippen LogP contribution in [0.3, 0.4) is 0 Å². The fraction of sp³-hybridized carbons (Fsp3) is 0.395. The molecule has 2 aromatic carbocycles. The van der Waals surface area contributed by atoms with E-state index in [2.05, 4.69) is 10.6 Å². The maximum absolute atomic E-state index is 15.8. The van der Waals surface area contributed by atoms with Crippen LogP contribution >= 0.6 is 11.3 Å². The number of carbonyl (C=O) groups excluding carboxylic acids is 4. The molecule has 0 radical (unpaired) electrons. The first-order valence-electron chi connectivity index (χ1n) is 17.4. The Labute approximate surface area is 313 Å². The van der Waals surface area contributed by atoms with E-state index in [-0.39, 0.29) is 60.0 Å². The Morgan fingerprint density at radius 2 is 1.76 bits per heavy atom. The molecule has 0 saturated carbocycles. The van der Waals surface area contributed by atoms with Crippen LogP contribution in [0.15, 0.2) is 47.4 Å². The smallest absolute Gasteiger partial charge is 0.284 e. The molecule has 0 bridgehead atoms. The lowest BCUT2D eigenvalue weighted by Crippen LogP contribution is -2.58. The number of methoxy groups -OCH3 is 2. The molecule has 54 heavy (non-hydrogen) atoms. The molecule has 4 amide bonds. The van der Waals surface area contributed by atoms with Crippen LogP contribution in [0.2, 0.25) is 0 Å². The molecule has 16 heteroatoms. The van der Waals surface area contributed by atoms with E-state index in [1.165, 1.54) is 20.4 Å². The van der Waals surface area contributed by atoms with Crippen LogP contribution in [0, 0.1) is 0 Å². The number of benzene rings is 2. The third kappa shape index (κ3) is 6.68. The predicted molar refractivity (Wildman–Crippen MR) is 199 cm³/mol. The van der Waals surface area contributed by atoms with Crippen molar-refractivity contribution in [2.45, 2.75) is 50.4 Å². The second kappa shape index (κ2) is 14.1. The average molecular weight is 763 g/mol. The number of nitrogens with one attached hydrogen (secondary N) is 2. The summed E-state index contributed by atoms with van der Waals surface area (Å²) in [4.78, 5) is 69.0. The number of pyridine rings is 1. The summed E-state index contributed by atoms with van der Waals surface area (Å²) in [7, 11) is 8.60. The average Bonchev–Trinajstić information content (AvgIpc) is 3.72. The maximum atomic E-state index is 15.8. The van der Waals surface area contributed by atoms with Gasteiger partial charge in [-0.15, -0.1) is 11.3 Å². The number of rotatable bonds is 9. The van der Waals surface area contributed by atoms with Gasteiger partial charge >= 0.3 is 0 Å². The van der Waals surface area contributed by atoms with Crippen molar-refractivity contribution in [2.75, 3.05) is 46.3 Å². The number of nitrogens with zero attached hydrogens (tertiary/aromatic N) is 4. The van der Waals surface area contributed by atoms with E-state index in [1.54, 1.807) is 45.7 Å². The number of carbonyl (C=O) groups is 4. The van der Waals surface area contributed by atoms with Gasteiger partial charge in [-0.05, 0) is 74.5 Å². The monoisotopic (exact) mass is 762 g/mol. The van der Waals surface area contributed by atoms with E-state index in [1.807, 2.05) is 31.1 Å². The Hall–Kier alpha value is -5.35. The number of piperidine rings is 2. The lowest BCUT2D eigenvalue weighted by molar-refractivity contribution is -0.136. The maximum Gasteiger partial charge on any atom is 0.284 e. The van der Waals surface area contributed by atoms with Crippen molar-refractivity contribution in [1.82, 2.24) is 25.0 Å². The second-order valence-electron chi connectivity index (χ2n) is 14.1. The molecule has 2 saturated heterocycles. The number of aromatic nitrogens is 1. The summed E-state index contributed by atoms with van der Waals surface area (Å²) in [5.41, 5.74) is 3.35. The SMILES string of the molecule is COc1cc(-c2cn(C)c(=O)c3cc(C(=O)N[C@H]4CCN(c5ccc6c(c5)CN(C5CCC(=O)NC5=O)C6=O)CC4(F)F)sc23)cc(OC)c1CN(C)C. The standard InChI is InChI=1S/C38H40F2N6O7S/c1-43(2)17-26-28(52-4)13-20(14-29(26)53-5)25-18-44(3)36(50)24-15-30(54-33(24)25)35(49)41-31-10-11-45(19-38(31,39)40)22-6-7-23-21(12-22)16-46(37(23)51)27-8-9-32(47)42-34(27)48/h6-7,12-15,18,27,31H,8-11,16-17,19H2,1-5H3,(H,41,49)(H,42,47,48)/t27?,31-/m0/s1. The molecular formula is C38H40F2N6O7S. The van der Waals surface area contributed by atoms with Crippen LogP contribution < -0.4 is 30.6 Å². The van der Waals surface area contributed by atoms with E-state index < -0.39 is 36.4 Å². The number of amides is 4. The van der Waals surface area contributed by atoms with Crippen molar-refractivity contribution in [3.63, 3.8) is 0 Å². The first-order valence-corrected chi connectivity index (χ1v) is 18.2. The molecule has 2 atom stereocenters. The van der Waals surface area contributed by atoms with Crippen molar-refractivity contribution in [3.8, 4) is 22.6 Å². The molecule has 1 unspecified atom stereocenters. The van der Waals surface area contributed by atoms with E-state index in [0.29, 0.717) is 50.7 Å². The van der Waals surface area contributed by atoms with Gasteiger partial charge in [0.1, 0.15) is 17.5 Å². The fourth-order valence-corrected chi connectivity index (χ4v) is 8.59. The number of halogens is 2. The lowest BCUT2D eigenvalue weighted by atomic mass is 9.99. The quantitative estimate of drug-likeness (QED) is 0.244. The first-order chi connectivity index (χ1) is 25.7. The van der Waals surface area contributed by atoms with Crippen LogP contribution in [0.5, 0.6) is 11.5 Å². The number of fused-ring (bicyclic) bond motifs is 2. The molecule has 5 heterocycles. The molecular weight excluding hydrogens is 723 g/mol. The Morgan fingerprint density at radius 1 is 1.04 bits per heavy atom. The molecule has 2 N–H and O–H groups in total. The van der Waals surface area contributed by atoms with Gasteiger partial charge in [0.2, 0.25) is 11.8 Å². The molecule has 0 aliphatic carbocycles. The van der Waals surface area contributed by atoms with Crippen molar-refractivity contribution >= 4 is 50.7 Å². The van der Waals surface area contributed by atoms with E-state index in [4.69, 9.17) is 9.47 Å². The molecule has 2 aromatic heterocycles. The van der Waals surface area contributed by atoms with Crippen molar-refractivity contribution in [1.29, 1.82) is 0 Å². The lowest BCUT2D eigenvalue weighted by Gasteiger charge is -2.39. The highest BCUT2D eigenvalue weighted by molar-refractivity contribution is 7.21. The van der Waals surface area contributed by atoms with E-state index in [9.17, 15) is 24.0 Å². The van der Waals surface area contributed by atoms with Crippen LogP contribution in [-0.4, -0.2) is 97.4 Å². The van der Waals surface area contributed by atoms with Crippen LogP contribution in [0.25, 0.3) is 21.2 Å². The largest absolute Gasteiger partial charge is 0.496 e. The van der Waals surface area contributed by atoms with Gasteiger partial charge < -0.3 is 34.1 Å². The summed E-state index contributed by atoms with van der Waals surface area (Å²) in [6.07, 6.45) is 1.96. The highest BCUT2D eigenvalue weighted by Crippen LogP contribution is 2.40. The minimum absolute atomic E-state index is 0.0616. The Morgan fingerprint density at radius 3 is 2.41 bits per heavy atom. The zero-order valence-electron chi connectivity index (χ0n) is 30.5. The Kier molecular flexibility index (Phi) is 9.68. The van der Waals surface area contributed by atoms with Crippen LogP contribution in [0.1, 0.15) is 50.4 Å². The summed E-state index contributed by atoms with van der Waals surface area (Å²) in [5, 5.41) is 5.10. The van der Waals surface area contributed by atoms with Crippen LogP contribution in [0.4, 0.5) is 14.5 Å². The predicted octanol–water partition coefficient (Wildman–Crippen LogP) is 3.75. The third-order valence-electron chi connectivity index (χ3n) is 10.2. The summed E-state index contributed by atoms with van der Waals surface area (Å²) in [6, 6.07) is 7.77. The number of ether oxygens (including phenoxy) is 2. The second-order valence-corrected chi connectivity index (χ2v) is 15.2. The first kappa shape index (κ1) is 37.0. The summed E-state index contributed by atoms with van der Waals surface area (Å²) >= 11 is 1.06. The Bertz CT molecular complexity index is 2240. The highest BCUT2D eigenvalue weighted by atomic mass is 32.1. The zero-order chi connectivity index (χ0) is 38.6. The molecule has 284 valence electrons. The minimum Gasteiger partial charge on any atom is -0.496 e. The molecule has 3 aliphatic rings. The number of aryl methyl sites for hydroxylation is 1. The summed E-state index contributed by atoms with van der Waals surface area (Å²) in [6.45, 7) is 0.211. The zero-order valence-corrected chi connectivity index (χ0v) is 31.3. The van der Waals surface area contributed by atoms with E-state index in [0.717, 1.165) is 16.9 Å². The summed E-state index contributed by atoms with van der Waals surface area (Å²) < 4.78 is 44.9. The molecule has 0 spiro atoms. The van der Waals surface area contributed by atoms with Crippen molar-refractivity contribution in [3.05, 3.63) is 74.5 Å². The van der Waals surface area contributed by atoms with Gasteiger partial charge in [-0.3, -0.25) is 29.3 Å². The molecule has 2 fully saturated rings. The van der Waals surface area contributed by atoms with Crippen molar-refractivity contribution in [2.24, 2.45) is 7.05 Å². The topological polar surface area (TPSA) is 143 Å². The number of imide groups is 1. The third-order valence-corrected chi connectivity index (χ3v) is 11.4. The molecule has 3 aliphatic heterocycles. The molecule has 13 nitrogen and oxygen atoms in total. The van der Waals surface area contributed by atoms with Gasteiger partial charge in [-0.25, -0.2) is 8.78 Å². The summed E-state index contributed by atoms with van der Waals surface area (Å²) in [5.74, 6) is -4.10. The van der Waals surface area contributed by atoms with Gasteiger partial charge in [0.15, 0.2) is 0 Å². The minimum atomic E-state index is -3.32. The molecule has 7 rings (SSSR count). The van der Waals surface area contributed by atoms with Gasteiger partial charge in [-0.1, -0.05) is 0 Å². The van der Waals surface area contributed by atoms with Gasteiger partial charge in [-0.2, -0.15) is 0 Å². The number of thiophene rings is 1. The number of hydrogen-bond donors (Lipinski definition) is 2. The van der Waals surface area contributed by atoms with Crippen LogP contribution in [-0.2, 0) is 29.7 Å². The Balaban J connectivity index is 1.09.